The number of hydrogen-bond acceptors (Lipinski definition) is 3. The van der Waals surface area contributed by atoms with Gasteiger partial charge in [-0.05, 0) is 37.3 Å². The molecule has 0 radical (unpaired) electrons. The molecular weight excluding hydrogens is 290 g/mol. The molecule has 2 aliphatic heterocycles. The van der Waals surface area contributed by atoms with Crippen molar-refractivity contribution in [2.75, 3.05) is 29.9 Å². The summed E-state index contributed by atoms with van der Waals surface area (Å²) in [5.74, 6) is 0.471. The molecule has 1 fully saturated rings. The van der Waals surface area contributed by atoms with Gasteiger partial charge in [-0.1, -0.05) is 26.0 Å². The van der Waals surface area contributed by atoms with Gasteiger partial charge in [-0.3, -0.25) is 14.5 Å². The predicted octanol–water partition coefficient (Wildman–Crippen LogP) is 2.48. The van der Waals surface area contributed by atoms with Crippen LogP contribution in [0.3, 0.4) is 0 Å². The maximum absolute atomic E-state index is 12.9. The highest BCUT2D eigenvalue weighted by molar-refractivity contribution is 6.07. The summed E-state index contributed by atoms with van der Waals surface area (Å²) < 4.78 is 0. The summed E-state index contributed by atoms with van der Waals surface area (Å²) in [4.78, 5) is 28.9. The van der Waals surface area contributed by atoms with Crippen molar-refractivity contribution in [1.29, 1.82) is 0 Å². The van der Waals surface area contributed by atoms with Crippen LogP contribution in [0.5, 0.6) is 0 Å². The molecule has 3 rings (SSSR count). The van der Waals surface area contributed by atoms with Crippen LogP contribution in [0, 0.1) is 5.92 Å². The van der Waals surface area contributed by atoms with E-state index in [1.165, 1.54) is 0 Å². The van der Waals surface area contributed by atoms with E-state index in [0.29, 0.717) is 5.92 Å². The summed E-state index contributed by atoms with van der Waals surface area (Å²) in [7, 11) is 0. The Morgan fingerprint density at radius 3 is 2.65 bits per heavy atom. The first-order valence-corrected chi connectivity index (χ1v) is 8.51. The topological polar surface area (TPSA) is 52.7 Å². The van der Waals surface area contributed by atoms with Gasteiger partial charge in [0.25, 0.3) is 0 Å². The van der Waals surface area contributed by atoms with Crippen molar-refractivity contribution >= 4 is 23.2 Å². The van der Waals surface area contributed by atoms with Crippen LogP contribution in [-0.4, -0.2) is 42.4 Å². The van der Waals surface area contributed by atoms with E-state index < -0.39 is 0 Å². The van der Waals surface area contributed by atoms with Crippen LogP contribution in [0.1, 0.15) is 33.1 Å². The van der Waals surface area contributed by atoms with Crippen LogP contribution in [0.15, 0.2) is 24.3 Å². The summed E-state index contributed by atoms with van der Waals surface area (Å²) in [6, 6.07) is 7.49. The number of nitrogens with one attached hydrogen (secondary N) is 1. The average molecular weight is 315 g/mol. The lowest BCUT2D eigenvalue weighted by molar-refractivity contribution is -0.130. The fourth-order valence-electron chi connectivity index (χ4n) is 3.38. The summed E-state index contributed by atoms with van der Waals surface area (Å²) in [5, 5.41) is 3.33. The van der Waals surface area contributed by atoms with Gasteiger partial charge in [-0.15, -0.1) is 0 Å². The highest BCUT2D eigenvalue weighted by atomic mass is 16.2. The molecule has 0 saturated carbocycles. The van der Waals surface area contributed by atoms with Crippen molar-refractivity contribution in [2.24, 2.45) is 5.92 Å². The van der Waals surface area contributed by atoms with Crippen LogP contribution >= 0.6 is 0 Å². The summed E-state index contributed by atoms with van der Waals surface area (Å²) in [6.07, 6.45) is 2.89. The first-order chi connectivity index (χ1) is 11.1. The van der Waals surface area contributed by atoms with Gasteiger partial charge >= 0.3 is 0 Å². The number of rotatable bonds is 4. The molecule has 1 aromatic rings. The van der Waals surface area contributed by atoms with Gasteiger partial charge in [0.05, 0.1) is 11.4 Å². The molecule has 2 aliphatic rings. The normalized spacial score (nSPS) is 20.7. The number of anilines is 2. The van der Waals surface area contributed by atoms with Crippen molar-refractivity contribution in [3.63, 3.8) is 0 Å². The smallest absolute Gasteiger partial charge is 0.250 e. The Hall–Kier alpha value is -2.04. The second-order valence-electron chi connectivity index (χ2n) is 6.86. The number of carbonyl (C=O) groups excluding carboxylic acids is 2. The largest absolute Gasteiger partial charge is 0.372 e. The maximum atomic E-state index is 12.9. The van der Waals surface area contributed by atoms with Crippen molar-refractivity contribution in [1.82, 2.24) is 4.90 Å². The van der Waals surface area contributed by atoms with E-state index in [1.54, 1.807) is 4.90 Å². The van der Waals surface area contributed by atoms with E-state index in [-0.39, 0.29) is 24.4 Å². The van der Waals surface area contributed by atoms with Crippen molar-refractivity contribution in [3.8, 4) is 0 Å². The zero-order valence-electron chi connectivity index (χ0n) is 13.9. The summed E-state index contributed by atoms with van der Waals surface area (Å²) in [6.45, 7) is 5.99. The SMILES string of the molecule is CC(C)CC1Nc2ccccc2N(CC(=O)N2CCCC2)C1=O. The zero-order valence-corrected chi connectivity index (χ0v) is 13.9. The molecule has 0 aromatic heterocycles. The molecular formula is C18H25N3O2. The molecule has 0 spiro atoms. The molecule has 1 unspecified atom stereocenters. The van der Waals surface area contributed by atoms with Crippen LogP contribution < -0.4 is 10.2 Å². The first kappa shape index (κ1) is 15.8. The Morgan fingerprint density at radius 2 is 1.96 bits per heavy atom. The zero-order chi connectivity index (χ0) is 16.4. The molecule has 1 aromatic carbocycles. The van der Waals surface area contributed by atoms with Crippen molar-refractivity contribution in [2.45, 2.75) is 39.2 Å². The van der Waals surface area contributed by atoms with E-state index >= 15 is 0 Å². The third-order valence-electron chi connectivity index (χ3n) is 4.55. The number of carbonyl (C=O) groups is 2. The number of likely N-dealkylation sites (tertiary alicyclic amines) is 1. The lowest BCUT2D eigenvalue weighted by Crippen LogP contribution is -2.51. The molecule has 1 atom stereocenters. The maximum Gasteiger partial charge on any atom is 0.250 e. The highest BCUT2D eigenvalue weighted by Gasteiger charge is 2.34. The second-order valence-corrected chi connectivity index (χ2v) is 6.86. The fourth-order valence-corrected chi connectivity index (χ4v) is 3.38. The minimum absolute atomic E-state index is 0.00458. The molecule has 0 aliphatic carbocycles. The van der Waals surface area contributed by atoms with Crippen LogP contribution in [0.2, 0.25) is 0 Å². The molecule has 2 amide bonds. The first-order valence-electron chi connectivity index (χ1n) is 8.51. The van der Waals surface area contributed by atoms with Crippen LogP contribution in [-0.2, 0) is 9.59 Å². The van der Waals surface area contributed by atoms with E-state index in [1.807, 2.05) is 29.2 Å². The van der Waals surface area contributed by atoms with E-state index in [2.05, 4.69) is 19.2 Å². The Bertz CT molecular complexity index is 594. The standard InChI is InChI=1S/C18H25N3O2/c1-13(2)11-15-18(23)21(12-17(22)20-9-5-6-10-20)16-8-4-3-7-14(16)19-15/h3-4,7-8,13,15,19H,5-6,9-12H2,1-2H3. The molecule has 2 heterocycles. The van der Waals surface area contributed by atoms with Gasteiger partial charge < -0.3 is 10.2 Å². The Morgan fingerprint density at radius 1 is 1.26 bits per heavy atom. The lowest BCUT2D eigenvalue weighted by Gasteiger charge is -2.36. The Balaban J connectivity index is 1.83. The summed E-state index contributed by atoms with van der Waals surface area (Å²) in [5.41, 5.74) is 1.75. The fraction of sp³-hybridized carbons (Fsp3) is 0.556. The third-order valence-corrected chi connectivity index (χ3v) is 4.55. The minimum atomic E-state index is -0.253. The van der Waals surface area contributed by atoms with E-state index in [4.69, 9.17) is 0 Å². The quantitative estimate of drug-likeness (QED) is 0.929. The molecule has 124 valence electrons. The number of benzene rings is 1. The Kier molecular flexibility index (Phi) is 4.55. The van der Waals surface area contributed by atoms with Crippen molar-refractivity contribution < 1.29 is 9.59 Å². The molecule has 23 heavy (non-hydrogen) atoms. The molecule has 1 N–H and O–H groups in total. The van der Waals surface area contributed by atoms with Crippen molar-refractivity contribution in [3.05, 3.63) is 24.3 Å². The number of para-hydroxylation sites is 2. The van der Waals surface area contributed by atoms with Gasteiger partial charge in [-0.2, -0.15) is 0 Å². The molecule has 5 heteroatoms. The number of amides is 2. The predicted molar refractivity (Wildman–Crippen MR) is 91.5 cm³/mol. The third kappa shape index (κ3) is 3.33. The Labute approximate surface area is 137 Å². The molecule has 0 bridgehead atoms. The highest BCUT2D eigenvalue weighted by Crippen LogP contribution is 2.32. The van der Waals surface area contributed by atoms with Crippen LogP contribution in [0.4, 0.5) is 11.4 Å². The minimum Gasteiger partial charge on any atom is -0.372 e. The lowest BCUT2D eigenvalue weighted by atomic mass is 9.99. The number of nitrogens with zero attached hydrogens (tertiary/aromatic N) is 2. The second kappa shape index (κ2) is 6.60. The number of fused-ring (bicyclic) bond motifs is 1. The molecule has 1 saturated heterocycles. The average Bonchev–Trinajstić information content (AvgIpc) is 3.05. The number of hydrogen-bond donors (Lipinski definition) is 1. The summed E-state index contributed by atoms with van der Waals surface area (Å²) >= 11 is 0. The van der Waals surface area contributed by atoms with E-state index in [0.717, 1.165) is 43.7 Å². The van der Waals surface area contributed by atoms with E-state index in [9.17, 15) is 9.59 Å². The van der Waals surface area contributed by atoms with Crippen LogP contribution in [0.25, 0.3) is 0 Å². The van der Waals surface area contributed by atoms with Gasteiger partial charge in [-0.25, -0.2) is 0 Å². The molecule has 5 nitrogen and oxygen atoms in total. The van der Waals surface area contributed by atoms with Gasteiger partial charge in [0.1, 0.15) is 12.6 Å². The van der Waals surface area contributed by atoms with Gasteiger partial charge in [0, 0.05) is 13.1 Å². The van der Waals surface area contributed by atoms with Gasteiger partial charge in [0.2, 0.25) is 11.8 Å². The monoisotopic (exact) mass is 315 g/mol. The van der Waals surface area contributed by atoms with Gasteiger partial charge in [0.15, 0.2) is 0 Å².